The molecule has 106 valence electrons. The molecule has 1 unspecified atom stereocenters. The zero-order chi connectivity index (χ0) is 14.5. The molecule has 0 fully saturated rings. The maximum absolute atomic E-state index is 5.91. The van der Waals surface area contributed by atoms with Crippen LogP contribution in [0, 0.1) is 0 Å². The first-order chi connectivity index (χ1) is 9.56. The van der Waals surface area contributed by atoms with Crippen LogP contribution in [0.1, 0.15) is 16.4 Å². The van der Waals surface area contributed by atoms with E-state index in [0.29, 0.717) is 4.99 Å². The normalized spacial score (nSPS) is 12.6. The molecule has 0 radical (unpaired) electrons. The highest BCUT2D eigenvalue weighted by atomic mass is 79.9. The summed E-state index contributed by atoms with van der Waals surface area (Å²) in [5, 5.41) is 2.10. The maximum Gasteiger partial charge on any atom is 0.0816 e. The van der Waals surface area contributed by atoms with Gasteiger partial charge in [-0.3, -0.25) is 0 Å². The molecule has 0 spiro atoms. The number of thiocarbonyl (C=S) groups is 1. The van der Waals surface area contributed by atoms with Gasteiger partial charge in [0.25, 0.3) is 0 Å². The number of likely N-dealkylation sites (N-methyl/N-ethyl adjacent to an activating group) is 1. The van der Waals surface area contributed by atoms with Crippen LogP contribution in [0.4, 0.5) is 0 Å². The van der Waals surface area contributed by atoms with Crippen LogP contribution in [-0.2, 0) is 6.54 Å². The van der Waals surface area contributed by atoms with E-state index in [9.17, 15) is 0 Å². The van der Waals surface area contributed by atoms with Gasteiger partial charge in [-0.1, -0.05) is 42.5 Å². The van der Waals surface area contributed by atoms with Crippen molar-refractivity contribution < 1.29 is 0 Å². The topological polar surface area (TPSA) is 29.3 Å². The van der Waals surface area contributed by atoms with Gasteiger partial charge in [-0.25, -0.2) is 0 Å². The average Bonchev–Trinajstić information content (AvgIpc) is 2.82. The van der Waals surface area contributed by atoms with E-state index in [0.717, 1.165) is 17.6 Å². The number of nitrogens with two attached hydrogens (primary N) is 1. The number of hydrogen-bond donors (Lipinski definition) is 1. The molecular formula is C15H17BrN2S2. The maximum atomic E-state index is 5.91. The predicted octanol–water partition coefficient (Wildman–Crippen LogP) is 4.01. The van der Waals surface area contributed by atoms with Gasteiger partial charge >= 0.3 is 0 Å². The Morgan fingerprint density at radius 2 is 2.10 bits per heavy atom. The Balaban J connectivity index is 2.03. The van der Waals surface area contributed by atoms with E-state index < -0.39 is 0 Å². The Labute approximate surface area is 137 Å². The van der Waals surface area contributed by atoms with E-state index in [-0.39, 0.29) is 5.92 Å². The summed E-state index contributed by atoms with van der Waals surface area (Å²) in [6, 6.07) is 12.4. The molecule has 2 nitrogen and oxygen atoms in total. The molecule has 20 heavy (non-hydrogen) atoms. The molecular weight excluding hydrogens is 352 g/mol. The van der Waals surface area contributed by atoms with Crippen LogP contribution in [0.3, 0.4) is 0 Å². The number of hydrogen-bond acceptors (Lipinski definition) is 3. The first-order valence-corrected chi connectivity index (χ1v) is 8.40. The van der Waals surface area contributed by atoms with Gasteiger partial charge in [-0.05, 0) is 34.6 Å². The first kappa shape index (κ1) is 15.6. The molecule has 1 atom stereocenters. The molecule has 0 saturated heterocycles. The summed E-state index contributed by atoms with van der Waals surface area (Å²) in [6.45, 7) is 1.73. The minimum Gasteiger partial charge on any atom is -0.393 e. The monoisotopic (exact) mass is 368 g/mol. The van der Waals surface area contributed by atoms with E-state index in [4.69, 9.17) is 18.0 Å². The highest BCUT2D eigenvalue weighted by molar-refractivity contribution is 9.10. The van der Waals surface area contributed by atoms with Crippen LogP contribution in [-0.4, -0.2) is 23.5 Å². The van der Waals surface area contributed by atoms with Crippen molar-refractivity contribution in [2.45, 2.75) is 12.5 Å². The summed E-state index contributed by atoms with van der Waals surface area (Å²) in [4.78, 5) is 4.14. The smallest absolute Gasteiger partial charge is 0.0816 e. The molecule has 0 aliphatic carbocycles. The van der Waals surface area contributed by atoms with Crippen LogP contribution >= 0.6 is 39.5 Å². The average molecular weight is 369 g/mol. The van der Waals surface area contributed by atoms with Crippen molar-refractivity contribution in [3.8, 4) is 0 Å². The van der Waals surface area contributed by atoms with Crippen LogP contribution in [0.5, 0.6) is 0 Å². The largest absolute Gasteiger partial charge is 0.393 e. The number of rotatable bonds is 6. The van der Waals surface area contributed by atoms with Crippen molar-refractivity contribution in [3.05, 3.63) is 56.7 Å². The molecule has 0 aliphatic rings. The van der Waals surface area contributed by atoms with E-state index in [1.165, 1.54) is 10.4 Å². The number of benzene rings is 1. The van der Waals surface area contributed by atoms with Crippen molar-refractivity contribution >= 4 is 44.5 Å². The van der Waals surface area contributed by atoms with E-state index in [2.05, 4.69) is 51.5 Å². The second-order valence-electron chi connectivity index (χ2n) is 4.79. The molecule has 1 heterocycles. The third kappa shape index (κ3) is 4.38. The summed E-state index contributed by atoms with van der Waals surface area (Å²) in [5.74, 6) is 0.0969. The van der Waals surface area contributed by atoms with Gasteiger partial charge in [0.05, 0.1) is 4.99 Å². The number of nitrogens with zero attached hydrogens (tertiary/aromatic N) is 1. The first-order valence-electron chi connectivity index (χ1n) is 6.32. The lowest BCUT2D eigenvalue weighted by atomic mass is 9.98. The minimum atomic E-state index is 0.0969. The number of thiophene rings is 1. The summed E-state index contributed by atoms with van der Waals surface area (Å²) < 4.78 is 1.14. The zero-order valence-corrected chi connectivity index (χ0v) is 14.5. The lowest BCUT2D eigenvalue weighted by Gasteiger charge is -2.23. The van der Waals surface area contributed by atoms with Gasteiger partial charge in [-0.2, -0.15) is 0 Å². The van der Waals surface area contributed by atoms with Crippen LogP contribution < -0.4 is 5.73 Å². The van der Waals surface area contributed by atoms with Crippen molar-refractivity contribution in [2.24, 2.45) is 5.73 Å². The molecule has 0 bridgehead atoms. The molecule has 2 N–H and O–H groups in total. The molecule has 2 rings (SSSR count). The standard InChI is InChI=1S/C15H17BrN2S2/c1-18(8-13-7-12(16)10-20-13)9-14(15(17)19)11-5-3-2-4-6-11/h2-7,10,14H,8-9H2,1H3,(H2,17,19). The minimum absolute atomic E-state index is 0.0969. The molecule has 1 aromatic carbocycles. The SMILES string of the molecule is CN(Cc1cc(Br)cs1)CC(C(N)=S)c1ccccc1. The predicted molar refractivity (Wildman–Crippen MR) is 94.3 cm³/mol. The van der Waals surface area contributed by atoms with Gasteiger partial charge in [0.15, 0.2) is 0 Å². The van der Waals surface area contributed by atoms with Crippen molar-refractivity contribution in [1.29, 1.82) is 0 Å². The quantitative estimate of drug-likeness (QED) is 0.780. The molecule has 0 amide bonds. The fraction of sp³-hybridized carbons (Fsp3) is 0.267. The third-order valence-corrected chi connectivity index (χ3v) is 5.05. The summed E-state index contributed by atoms with van der Waals surface area (Å²) >= 11 is 10.5. The molecule has 2 aromatic rings. The van der Waals surface area contributed by atoms with Gasteiger partial charge < -0.3 is 10.6 Å². The van der Waals surface area contributed by atoms with Crippen LogP contribution in [0.2, 0.25) is 0 Å². The van der Waals surface area contributed by atoms with E-state index in [1.54, 1.807) is 11.3 Å². The highest BCUT2D eigenvalue weighted by Gasteiger charge is 2.17. The summed E-state index contributed by atoms with van der Waals surface area (Å²) in [7, 11) is 2.10. The fourth-order valence-electron chi connectivity index (χ4n) is 2.12. The van der Waals surface area contributed by atoms with Crippen LogP contribution in [0.25, 0.3) is 0 Å². The van der Waals surface area contributed by atoms with Crippen molar-refractivity contribution in [2.75, 3.05) is 13.6 Å². The van der Waals surface area contributed by atoms with Gasteiger partial charge in [0, 0.05) is 33.7 Å². The third-order valence-electron chi connectivity index (χ3n) is 3.09. The molecule has 1 aromatic heterocycles. The molecule has 0 saturated carbocycles. The van der Waals surface area contributed by atoms with Crippen molar-refractivity contribution in [3.63, 3.8) is 0 Å². The van der Waals surface area contributed by atoms with Gasteiger partial charge in [0.1, 0.15) is 0 Å². The van der Waals surface area contributed by atoms with Gasteiger partial charge in [0.2, 0.25) is 0 Å². The van der Waals surface area contributed by atoms with Crippen molar-refractivity contribution in [1.82, 2.24) is 4.90 Å². The van der Waals surface area contributed by atoms with E-state index in [1.807, 2.05) is 18.2 Å². The molecule has 5 heteroatoms. The Kier molecular flexibility index (Phi) is 5.72. The highest BCUT2D eigenvalue weighted by Crippen LogP contribution is 2.22. The van der Waals surface area contributed by atoms with Crippen LogP contribution in [0.15, 0.2) is 46.3 Å². The second kappa shape index (κ2) is 7.31. The summed E-state index contributed by atoms with van der Waals surface area (Å²) in [6.07, 6.45) is 0. The van der Waals surface area contributed by atoms with E-state index >= 15 is 0 Å². The Hall–Kier alpha value is -0.750. The lowest BCUT2D eigenvalue weighted by Crippen LogP contribution is -2.31. The number of halogens is 1. The lowest BCUT2D eigenvalue weighted by molar-refractivity contribution is 0.326. The molecule has 0 aliphatic heterocycles. The Bertz CT molecular complexity index is 568. The zero-order valence-electron chi connectivity index (χ0n) is 11.3. The Morgan fingerprint density at radius 1 is 1.40 bits per heavy atom. The fourth-order valence-corrected chi connectivity index (χ4v) is 3.86. The Morgan fingerprint density at radius 3 is 2.65 bits per heavy atom. The summed E-state index contributed by atoms with van der Waals surface area (Å²) in [5.41, 5.74) is 7.09. The second-order valence-corrected chi connectivity index (χ2v) is 7.18. The van der Waals surface area contributed by atoms with Gasteiger partial charge in [-0.15, -0.1) is 11.3 Å².